The molecule has 0 saturated carbocycles. The molecule has 1 aromatic rings. The Morgan fingerprint density at radius 3 is 2.55 bits per heavy atom. The molecule has 4 nitrogen and oxygen atoms in total. The Kier molecular flexibility index (Phi) is 7.14. The number of nitrogens with one attached hydrogen (secondary N) is 2. The molecular formula is C13H23BrN2O2S2. The molecule has 1 unspecified atom stereocenters. The Labute approximate surface area is 134 Å². The van der Waals surface area contributed by atoms with E-state index in [1.807, 2.05) is 6.92 Å². The molecule has 1 heterocycles. The molecule has 0 fully saturated rings. The van der Waals surface area contributed by atoms with Gasteiger partial charge in [0.2, 0.25) is 10.0 Å². The van der Waals surface area contributed by atoms with E-state index in [0.717, 1.165) is 11.3 Å². The molecule has 1 aromatic heterocycles. The maximum Gasteiger partial charge on any atom is 0.242 e. The zero-order chi connectivity index (χ0) is 15.3. The van der Waals surface area contributed by atoms with Crippen LogP contribution >= 0.6 is 27.3 Å². The van der Waals surface area contributed by atoms with Crippen LogP contribution < -0.4 is 10.0 Å². The SMILES string of the molecule is CCC(C)CNS(=O)(=O)c1cc(CNC(C)C)sc1Br. The van der Waals surface area contributed by atoms with Gasteiger partial charge in [0.25, 0.3) is 0 Å². The summed E-state index contributed by atoms with van der Waals surface area (Å²) in [6, 6.07) is 2.11. The zero-order valence-electron chi connectivity index (χ0n) is 12.4. The minimum atomic E-state index is -3.43. The largest absolute Gasteiger partial charge is 0.310 e. The van der Waals surface area contributed by atoms with E-state index in [-0.39, 0.29) is 0 Å². The molecule has 1 rings (SSSR count). The van der Waals surface area contributed by atoms with E-state index in [4.69, 9.17) is 0 Å². The number of hydrogen-bond donors (Lipinski definition) is 2. The summed E-state index contributed by atoms with van der Waals surface area (Å²) in [6.45, 7) is 9.36. The van der Waals surface area contributed by atoms with Crippen LogP contribution in [-0.4, -0.2) is 21.0 Å². The second-order valence-electron chi connectivity index (χ2n) is 5.25. The van der Waals surface area contributed by atoms with Crippen LogP contribution in [0.1, 0.15) is 39.0 Å². The highest BCUT2D eigenvalue weighted by molar-refractivity contribution is 9.11. The van der Waals surface area contributed by atoms with Crippen LogP contribution in [0.5, 0.6) is 0 Å². The normalized spacial score (nSPS) is 13.9. The fourth-order valence-electron chi connectivity index (χ4n) is 1.45. The van der Waals surface area contributed by atoms with Crippen LogP contribution in [0.25, 0.3) is 0 Å². The van der Waals surface area contributed by atoms with Gasteiger partial charge in [-0.3, -0.25) is 0 Å². The highest BCUT2D eigenvalue weighted by atomic mass is 79.9. The van der Waals surface area contributed by atoms with Crippen molar-refractivity contribution >= 4 is 37.3 Å². The Hall–Kier alpha value is 0.0500. The summed E-state index contributed by atoms with van der Waals surface area (Å²) in [5.74, 6) is 0.337. The summed E-state index contributed by atoms with van der Waals surface area (Å²) in [5.41, 5.74) is 0. The predicted octanol–water partition coefficient (Wildman–Crippen LogP) is 3.33. The molecule has 0 saturated heterocycles. The average molecular weight is 383 g/mol. The van der Waals surface area contributed by atoms with Crippen LogP contribution in [-0.2, 0) is 16.6 Å². The third kappa shape index (κ3) is 5.44. The fraction of sp³-hybridized carbons (Fsp3) is 0.692. The van der Waals surface area contributed by atoms with Crippen LogP contribution in [0.3, 0.4) is 0 Å². The summed E-state index contributed by atoms with van der Waals surface area (Å²) in [5, 5.41) is 3.29. The number of hydrogen-bond acceptors (Lipinski definition) is 4. The van der Waals surface area contributed by atoms with Crippen molar-refractivity contribution in [3.8, 4) is 0 Å². The lowest BCUT2D eigenvalue weighted by Crippen LogP contribution is -2.28. The molecule has 0 aliphatic rings. The lowest BCUT2D eigenvalue weighted by atomic mass is 10.1. The van der Waals surface area contributed by atoms with Crippen molar-refractivity contribution in [2.24, 2.45) is 5.92 Å². The zero-order valence-corrected chi connectivity index (χ0v) is 15.6. The van der Waals surface area contributed by atoms with Gasteiger partial charge in [0, 0.05) is 24.0 Å². The van der Waals surface area contributed by atoms with Crippen LogP contribution in [0.4, 0.5) is 0 Å². The van der Waals surface area contributed by atoms with Gasteiger partial charge in [-0.1, -0.05) is 34.1 Å². The molecule has 0 aliphatic carbocycles. The number of thiophene rings is 1. The van der Waals surface area contributed by atoms with Gasteiger partial charge in [-0.15, -0.1) is 11.3 Å². The van der Waals surface area contributed by atoms with E-state index < -0.39 is 10.0 Å². The second kappa shape index (κ2) is 7.89. The first-order valence-corrected chi connectivity index (χ1v) is 9.86. The molecule has 7 heteroatoms. The molecular weight excluding hydrogens is 360 g/mol. The highest BCUT2D eigenvalue weighted by Gasteiger charge is 2.21. The van der Waals surface area contributed by atoms with Gasteiger partial charge in [0.15, 0.2) is 0 Å². The molecule has 0 radical (unpaired) electrons. The molecule has 0 aromatic carbocycles. The van der Waals surface area contributed by atoms with E-state index in [1.165, 1.54) is 11.3 Å². The summed E-state index contributed by atoms with van der Waals surface area (Å²) >= 11 is 4.81. The summed E-state index contributed by atoms with van der Waals surface area (Å²) in [6.07, 6.45) is 0.955. The van der Waals surface area contributed by atoms with Crippen molar-refractivity contribution in [1.29, 1.82) is 0 Å². The van der Waals surface area contributed by atoms with Crippen LogP contribution in [0.2, 0.25) is 0 Å². The average Bonchev–Trinajstić information content (AvgIpc) is 2.75. The molecule has 1 atom stereocenters. The predicted molar refractivity (Wildman–Crippen MR) is 88.6 cm³/mol. The molecule has 2 N–H and O–H groups in total. The number of rotatable bonds is 8. The Morgan fingerprint density at radius 1 is 1.35 bits per heavy atom. The van der Waals surface area contributed by atoms with Crippen molar-refractivity contribution in [2.75, 3.05) is 6.54 Å². The maximum absolute atomic E-state index is 12.3. The highest BCUT2D eigenvalue weighted by Crippen LogP contribution is 2.31. The van der Waals surface area contributed by atoms with Crippen molar-refractivity contribution in [2.45, 2.75) is 51.6 Å². The smallest absolute Gasteiger partial charge is 0.242 e. The molecule has 0 amide bonds. The lowest BCUT2D eigenvalue weighted by molar-refractivity contribution is 0.528. The Bertz CT molecular complexity index is 526. The summed E-state index contributed by atoms with van der Waals surface area (Å²) in [7, 11) is -3.43. The molecule has 0 aliphatic heterocycles. The molecule has 116 valence electrons. The van der Waals surface area contributed by atoms with Gasteiger partial charge in [0.1, 0.15) is 4.90 Å². The van der Waals surface area contributed by atoms with Gasteiger partial charge in [-0.25, -0.2) is 13.1 Å². The monoisotopic (exact) mass is 382 g/mol. The van der Waals surface area contributed by atoms with Crippen molar-refractivity contribution < 1.29 is 8.42 Å². The van der Waals surface area contributed by atoms with Gasteiger partial charge < -0.3 is 5.32 Å². The van der Waals surface area contributed by atoms with Gasteiger partial charge in [0.05, 0.1) is 3.79 Å². The first-order valence-electron chi connectivity index (χ1n) is 6.77. The second-order valence-corrected chi connectivity index (χ2v) is 9.44. The number of sulfonamides is 1. The van der Waals surface area contributed by atoms with Gasteiger partial charge in [-0.2, -0.15) is 0 Å². The molecule has 20 heavy (non-hydrogen) atoms. The topological polar surface area (TPSA) is 58.2 Å². The van der Waals surface area contributed by atoms with Gasteiger partial charge >= 0.3 is 0 Å². The first kappa shape index (κ1) is 18.1. The molecule has 0 spiro atoms. The quantitative estimate of drug-likeness (QED) is 0.724. The van der Waals surface area contributed by atoms with Gasteiger partial charge in [-0.05, 0) is 27.9 Å². The van der Waals surface area contributed by atoms with Crippen molar-refractivity contribution in [3.05, 3.63) is 14.7 Å². The fourth-order valence-corrected chi connectivity index (χ4v) is 5.24. The van der Waals surface area contributed by atoms with Crippen LogP contribution in [0.15, 0.2) is 14.7 Å². The first-order chi connectivity index (χ1) is 9.26. The Morgan fingerprint density at radius 2 is 2.00 bits per heavy atom. The van der Waals surface area contributed by atoms with E-state index in [2.05, 4.69) is 46.7 Å². The Balaban J connectivity index is 2.79. The summed E-state index contributed by atoms with van der Waals surface area (Å²) < 4.78 is 27.9. The van der Waals surface area contributed by atoms with Crippen molar-refractivity contribution in [1.82, 2.24) is 10.0 Å². The summed E-state index contributed by atoms with van der Waals surface area (Å²) in [4.78, 5) is 1.35. The van der Waals surface area contributed by atoms with E-state index >= 15 is 0 Å². The van der Waals surface area contributed by atoms with E-state index in [9.17, 15) is 8.42 Å². The lowest BCUT2D eigenvalue weighted by Gasteiger charge is -2.10. The number of halogens is 1. The maximum atomic E-state index is 12.3. The van der Waals surface area contributed by atoms with E-state index in [1.54, 1.807) is 6.07 Å². The minimum absolute atomic E-state index is 0.337. The molecule has 0 bridgehead atoms. The van der Waals surface area contributed by atoms with Crippen LogP contribution in [0, 0.1) is 5.92 Å². The standard InChI is InChI=1S/C13H23BrN2O2S2/c1-5-10(4)7-16-20(17,18)12-6-11(19-13(12)14)8-15-9(2)3/h6,9-10,15-16H,5,7-8H2,1-4H3. The third-order valence-electron chi connectivity index (χ3n) is 3.00. The third-order valence-corrected chi connectivity index (χ3v) is 6.67. The van der Waals surface area contributed by atoms with E-state index in [0.29, 0.717) is 33.7 Å². The minimum Gasteiger partial charge on any atom is -0.310 e. The van der Waals surface area contributed by atoms with Crippen molar-refractivity contribution in [3.63, 3.8) is 0 Å².